The average Bonchev–Trinajstić information content (AvgIpc) is 2.78. The van der Waals surface area contributed by atoms with Crippen LogP contribution in [0.2, 0.25) is 0 Å². The lowest BCUT2D eigenvalue weighted by molar-refractivity contribution is -0.120. The minimum Gasteiger partial charge on any atom is -0.484 e. The molecule has 0 aromatic heterocycles. The maximum absolute atomic E-state index is 12.7. The van der Waals surface area contributed by atoms with Crippen LogP contribution in [0.15, 0.2) is 53.4 Å². The van der Waals surface area contributed by atoms with Crippen molar-refractivity contribution in [1.29, 1.82) is 0 Å². The Hall–Kier alpha value is -2.27. The Kier molecular flexibility index (Phi) is 5.43. The molecule has 1 aliphatic heterocycles. The predicted octanol–water partition coefficient (Wildman–Crippen LogP) is 4.19. The second kappa shape index (κ2) is 7.74. The van der Waals surface area contributed by atoms with E-state index in [4.69, 9.17) is 4.74 Å². The molecular formula is C20H21NO3S. The molecule has 0 bridgehead atoms. The molecule has 2 aromatic rings. The molecule has 0 fully saturated rings. The largest absolute Gasteiger partial charge is 0.484 e. The summed E-state index contributed by atoms with van der Waals surface area (Å²) in [5, 5.41) is 0.471. The van der Waals surface area contributed by atoms with E-state index in [9.17, 15) is 9.59 Å². The van der Waals surface area contributed by atoms with Gasteiger partial charge in [-0.05, 0) is 49.7 Å². The third-order valence-electron chi connectivity index (χ3n) is 4.17. The summed E-state index contributed by atoms with van der Waals surface area (Å²) in [5.41, 5.74) is 1.59. The van der Waals surface area contributed by atoms with Gasteiger partial charge in [-0.2, -0.15) is 0 Å². The summed E-state index contributed by atoms with van der Waals surface area (Å²) in [6.07, 6.45) is 0.943. The molecule has 0 unspecified atom stereocenters. The van der Waals surface area contributed by atoms with Crippen LogP contribution in [0.3, 0.4) is 0 Å². The van der Waals surface area contributed by atoms with E-state index in [0.717, 1.165) is 17.0 Å². The summed E-state index contributed by atoms with van der Waals surface area (Å²) in [5.74, 6) is 0.539. The van der Waals surface area contributed by atoms with Crippen molar-refractivity contribution >= 4 is 29.1 Å². The van der Waals surface area contributed by atoms with Crippen LogP contribution in [0.5, 0.6) is 5.75 Å². The van der Waals surface area contributed by atoms with E-state index in [-0.39, 0.29) is 18.3 Å². The normalized spacial score (nSPS) is 16.7. The van der Waals surface area contributed by atoms with Crippen molar-refractivity contribution in [3.05, 3.63) is 54.1 Å². The first kappa shape index (κ1) is 17.5. The number of carbonyl (C=O) groups is 2. The van der Waals surface area contributed by atoms with E-state index in [0.29, 0.717) is 23.1 Å². The molecule has 3 rings (SSSR count). The van der Waals surface area contributed by atoms with Gasteiger partial charge in [-0.15, -0.1) is 11.8 Å². The lowest BCUT2D eigenvalue weighted by Gasteiger charge is -2.22. The van der Waals surface area contributed by atoms with Crippen LogP contribution in [-0.4, -0.2) is 30.1 Å². The molecule has 1 atom stereocenters. The summed E-state index contributed by atoms with van der Waals surface area (Å²) in [6, 6.07) is 14.9. The van der Waals surface area contributed by atoms with E-state index in [1.54, 1.807) is 36.0 Å². The monoisotopic (exact) mass is 355 g/mol. The molecule has 1 heterocycles. The van der Waals surface area contributed by atoms with Gasteiger partial charge in [-0.25, -0.2) is 0 Å². The second-order valence-corrected chi connectivity index (χ2v) is 7.58. The molecule has 1 aliphatic rings. The number of anilines is 1. The molecule has 0 N–H and O–H groups in total. The quantitative estimate of drug-likeness (QED) is 0.772. The standard InChI is InChI=1S/C20H21NO3S/c1-14-11-12-21(18-5-3-4-6-19(18)25-14)20(23)13-24-17-9-7-16(8-10-17)15(2)22/h3-10,14H,11-13H2,1-2H3/t14-/m0/s1. The Balaban J connectivity index is 1.69. The first-order valence-electron chi connectivity index (χ1n) is 8.34. The Morgan fingerprint density at radius 2 is 1.88 bits per heavy atom. The van der Waals surface area contributed by atoms with E-state index in [2.05, 4.69) is 13.0 Å². The molecule has 0 saturated carbocycles. The number of Topliss-reactive ketones (excluding diaryl/α,β-unsaturated/α-hetero) is 1. The fraction of sp³-hybridized carbons (Fsp3) is 0.300. The van der Waals surface area contributed by atoms with E-state index < -0.39 is 0 Å². The van der Waals surface area contributed by atoms with Gasteiger partial charge in [-0.1, -0.05) is 19.1 Å². The van der Waals surface area contributed by atoms with Crippen LogP contribution in [0, 0.1) is 0 Å². The molecule has 130 valence electrons. The molecule has 0 saturated heterocycles. The van der Waals surface area contributed by atoms with Crippen LogP contribution < -0.4 is 9.64 Å². The van der Waals surface area contributed by atoms with Gasteiger partial charge in [0.1, 0.15) is 5.75 Å². The number of amides is 1. The summed E-state index contributed by atoms with van der Waals surface area (Å²) < 4.78 is 5.63. The van der Waals surface area contributed by atoms with Gasteiger partial charge in [0.2, 0.25) is 0 Å². The van der Waals surface area contributed by atoms with Crippen molar-refractivity contribution in [2.45, 2.75) is 30.4 Å². The van der Waals surface area contributed by atoms with Crippen LogP contribution in [-0.2, 0) is 4.79 Å². The average molecular weight is 355 g/mol. The summed E-state index contributed by atoms with van der Waals surface area (Å²) in [7, 11) is 0. The third-order valence-corrected chi connectivity index (χ3v) is 5.40. The maximum atomic E-state index is 12.7. The highest BCUT2D eigenvalue weighted by Crippen LogP contribution is 2.37. The molecule has 25 heavy (non-hydrogen) atoms. The Morgan fingerprint density at radius 3 is 2.60 bits per heavy atom. The van der Waals surface area contributed by atoms with Crippen molar-refractivity contribution in [2.24, 2.45) is 0 Å². The van der Waals surface area contributed by atoms with Gasteiger partial charge in [0.15, 0.2) is 12.4 Å². The highest BCUT2D eigenvalue weighted by Gasteiger charge is 2.24. The Labute approximate surface area is 152 Å². The van der Waals surface area contributed by atoms with E-state index >= 15 is 0 Å². The minimum absolute atomic E-state index is 0.00965. The smallest absolute Gasteiger partial charge is 0.264 e. The first-order chi connectivity index (χ1) is 12.0. The highest BCUT2D eigenvalue weighted by atomic mass is 32.2. The minimum atomic E-state index is -0.0576. The van der Waals surface area contributed by atoms with Crippen molar-refractivity contribution in [2.75, 3.05) is 18.1 Å². The van der Waals surface area contributed by atoms with Gasteiger partial charge < -0.3 is 9.64 Å². The lowest BCUT2D eigenvalue weighted by atomic mass is 10.1. The molecule has 0 radical (unpaired) electrons. The SMILES string of the molecule is CC(=O)c1ccc(OCC(=O)N2CC[C@H](C)Sc3ccccc32)cc1. The number of para-hydroxylation sites is 1. The van der Waals surface area contributed by atoms with Crippen LogP contribution in [0.4, 0.5) is 5.69 Å². The summed E-state index contributed by atoms with van der Waals surface area (Å²) in [6.45, 7) is 4.38. The van der Waals surface area contributed by atoms with Crippen LogP contribution in [0.25, 0.3) is 0 Å². The lowest BCUT2D eigenvalue weighted by Crippen LogP contribution is -2.36. The molecule has 5 heteroatoms. The zero-order valence-corrected chi connectivity index (χ0v) is 15.2. The van der Waals surface area contributed by atoms with Crippen LogP contribution in [0.1, 0.15) is 30.6 Å². The molecule has 4 nitrogen and oxygen atoms in total. The number of ketones is 1. The number of nitrogens with zero attached hydrogens (tertiary/aromatic N) is 1. The number of thioether (sulfide) groups is 1. The predicted molar refractivity (Wildman–Crippen MR) is 101 cm³/mol. The van der Waals surface area contributed by atoms with E-state index in [1.807, 2.05) is 23.1 Å². The number of hydrogen-bond donors (Lipinski definition) is 0. The topological polar surface area (TPSA) is 46.6 Å². The number of hydrogen-bond acceptors (Lipinski definition) is 4. The number of rotatable bonds is 4. The van der Waals surface area contributed by atoms with Gasteiger partial charge >= 0.3 is 0 Å². The fourth-order valence-corrected chi connectivity index (χ4v) is 3.87. The van der Waals surface area contributed by atoms with Gasteiger partial charge in [0.25, 0.3) is 5.91 Å². The molecular weight excluding hydrogens is 334 g/mol. The molecule has 2 aromatic carbocycles. The van der Waals surface area contributed by atoms with Gasteiger partial charge in [0.05, 0.1) is 5.69 Å². The number of carbonyl (C=O) groups excluding carboxylic acids is 2. The van der Waals surface area contributed by atoms with Crippen molar-refractivity contribution in [1.82, 2.24) is 0 Å². The van der Waals surface area contributed by atoms with Gasteiger partial charge in [0, 0.05) is 22.3 Å². The maximum Gasteiger partial charge on any atom is 0.264 e. The van der Waals surface area contributed by atoms with Crippen LogP contribution >= 0.6 is 11.8 Å². The highest BCUT2D eigenvalue weighted by molar-refractivity contribution is 8.00. The first-order valence-corrected chi connectivity index (χ1v) is 9.22. The second-order valence-electron chi connectivity index (χ2n) is 6.10. The number of fused-ring (bicyclic) bond motifs is 1. The molecule has 1 amide bonds. The zero-order valence-electron chi connectivity index (χ0n) is 14.4. The van der Waals surface area contributed by atoms with Crippen molar-refractivity contribution < 1.29 is 14.3 Å². The van der Waals surface area contributed by atoms with Crippen molar-refractivity contribution in [3.8, 4) is 5.75 Å². The molecule has 0 aliphatic carbocycles. The molecule has 0 spiro atoms. The summed E-state index contributed by atoms with van der Waals surface area (Å²) in [4.78, 5) is 27.0. The fourth-order valence-electron chi connectivity index (χ4n) is 2.75. The Bertz CT molecular complexity index is 773. The Morgan fingerprint density at radius 1 is 1.16 bits per heavy atom. The van der Waals surface area contributed by atoms with Gasteiger partial charge in [-0.3, -0.25) is 9.59 Å². The van der Waals surface area contributed by atoms with Crippen molar-refractivity contribution in [3.63, 3.8) is 0 Å². The third kappa shape index (κ3) is 4.23. The zero-order chi connectivity index (χ0) is 17.8. The number of ether oxygens (including phenoxy) is 1. The van der Waals surface area contributed by atoms with E-state index in [1.165, 1.54) is 6.92 Å². The summed E-state index contributed by atoms with van der Waals surface area (Å²) >= 11 is 1.81. The number of benzene rings is 2.